The summed E-state index contributed by atoms with van der Waals surface area (Å²) in [6, 6.07) is 16.7. The summed E-state index contributed by atoms with van der Waals surface area (Å²) >= 11 is 0. The van der Waals surface area contributed by atoms with Crippen molar-refractivity contribution in [1.82, 2.24) is 0 Å². The highest BCUT2D eigenvalue weighted by molar-refractivity contribution is 5.85. The van der Waals surface area contributed by atoms with Crippen LogP contribution in [0.25, 0.3) is 10.8 Å². The first kappa shape index (κ1) is 12.5. The van der Waals surface area contributed by atoms with E-state index in [1.807, 2.05) is 0 Å². The third-order valence-corrected chi connectivity index (χ3v) is 1.66. The highest BCUT2D eigenvalue weighted by Crippen LogP contribution is 2.11. The Morgan fingerprint density at radius 2 is 1.07 bits per heavy atom. The van der Waals surface area contributed by atoms with Crippen LogP contribution in [0.4, 0.5) is 0 Å². The maximum atomic E-state index is 8.36. The van der Waals surface area contributed by atoms with Crippen LogP contribution < -0.4 is 0 Å². The number of carboxylic acid groups (broad SMARTS) is 1. The molecule has 0 bridgehead atoms. The van der Waals surface area contributed by atoms with Crippen molar-refractivity contribution in [2.45, 2.75) is 0 Å². The fourth-order valence-electron chi connectivity index (χ4n) is 1.13. The van der Waals surface area contributed by atoms with E-state index in [1.165, 1.54) is 10.8 Å². The Bertz CT molecular complexity index is 322. The van der Waals surface area contributed by atoms with Gasteiger partial charge in [-0.1, -0.05) is 48.5 Å². The third kappa shape index (κ3) is 3.46. The third-order valence-electron chi connectivity index (χ3n) is 1.66. The average molecular weight is 211 g/mol. The molecule has 0 heterocycles. The molecule has 3 heteroatoms. The molecule has 0 fully saturated rings. The number of hydrogen-bond donors (Lipinski definition) is 1. The maximum Gasteiger partial charge on any atom is 0.290 e. The number of benzene rings is 2. The Morgan fingerprint density at radius 3 is 1.29 bits per heavy atom. The van der Waals surface area contributed by atoms with Crippen molar-refractivity contribution in [3.63, 3.8) is 0 Å². The molecule has 2 aromatic carbocycles. The lowest BCUT2D eigenvalue weighted by atomic mass is 10.1. The first-order valence-corrected chi connectivity index (χ1v) is 3.90. The van der Waals surface area contributed by atoms with E-state index in [4.69, 9.17) is 9.90 Å². The van der Waals surface area contributed by atoms with E-state index in [-0.39, 0.29) is 18.9 Å². The minimum atomic E-state index is -0.250. The number of halogens is 1. The second-order valence-electron chi connectivity index (χ2n) is 2.45. The molecular formula is C11H11ClO2. The Balaban J connectivity index is 0.000000381. The summed E-state index contributed by atoms with van der Waals surface area (Å²) in [5.41, 5.74) is 0. The van der Waals surface area contributed by atoms with Crippen molar-refractivity contribution >= 4 is 29.7 Å². The van der Waals surface area contributed by atoms with Gasteiger partial charge in [0.2, 0.25) is 0 Å². The molecule has 74 valence electrons. The summed E-state index contributed by atoms with van der Waals surface area (Å²) in [6.07, 6.45) is 0. The van der Waals surface area contributed by atoms with Crippen LogP contribution in [0.1, 0.15) is 0 Å². The van der Waals surface area contributed by atoms with E-state index >= 15 is 0 Å². The molecule has 0 aliphatic rings. The van der Waals surface area contributed by atoms with Gasteiger partial charge in [0.25, 0.3) is 6.47 Å². The topological polar surface area (TPSA) is 37.3 Å². The number of carbonyl (C=O) groups is 1. The molecule has 0 spiro atoms. The summed E-state index contributed by atoms with van der Waals surface area (Å²) in [4.78, 5) is 8.36. The average Bonchev–Trinajstić information content (AvgIpc) is 2.19. The van der Waals surface area contributed by atoms with Crippen molar-refractivity contribution in [2.75, 3.05) is 0 Å². The summed E-state index contributed by atoms with van der Waals surface area (Å²) in [6.45, 7) is -0.250. The Morgan fingerprint density at radius 1 is 0.857 bits per heavy atom. The van der Waals surface area contributed by atoms with Crippen molar-refractivity contribution in [3.8, 4) is 0 Å². The van der Waals surface area contributed by atoms with Crippen molar-refractivity contribution in [3.05, 3.63) is 48.5 Å². The van der Waals surface area contributed by atoms with Gasteiger partial charge >= 0.3 is 0 Å². The number of fused-ring (bicyclic) bond motifs is 1. The smallest absolute Gasteiger partial charge is 0.290 e. The van der Waals surface area contributed by atoms with Crippen LogP contribution in [-0.2, 0) is 4.79 Å². The Labute approximate surface area is 88.6 Å². The molecule has 1 N–H and O–H groups in total. The van der Waals surface area contributed by atoms with Crippen LogP contribution in [-0.4, -0.2) is 11.6 Å². The van der Waals surface area contributed by atoms with E-state index in [0.29, 0.717) is 0 Å². The van der Waals surface area contributed by atoms with Gasteiger partial charge in [0.05, 0.1) is 0 Å². The van der Waals surface area contributed by atoms with E-state index in [1.54, 1.807) is 0 Å². The summed E-state index contributed by atoms with van der Waals surface area (Å²) in [5, 5.41) is 9.51. The highest BCUT2D eigenvalue weighted by atomic mass is 35.5. The van der Waals surface area contributed by atoms with E-state index < -0.39 is 0 Å². The molecule has 2 nitrogen and oxygen atoms in total. The zero-order valence-electron chi connectivity index (χ0n) is 7.46. The molecule has 0 saturated heterocycles. The standard InChI is InChI=1S/C10H8.CH2O2.ClH/c1-2-6-10-8-4-3-7-9(10)5-1;2-1-3;/h1-8H;1H,(H,2,3);1H. The van der Waals surface area contributed by atoms with Crippen LogP contribution >= 0.6 is 12.4 Å². The lowest BCUT2D eigenvalue weighted by Crippen LogP contribution is -1.67. The maximum absolute atomic E-state index is 8.36. The monoisotopic (exact) mass is 210 g/mol. The predicted octanol–water partition coefficient (Wildman–Crippen LogP) is 2.96. The predicted molar refractivity (Wildman–Crippen MR) is 59.9 cm³/mol. The van der Waals surface area contributed by atoms with Gasteiger partial charge in [0.1, 0.15) is 0 Å². The molecular weight excluding hydrogens is 200 g/mol. The minimum Gasteiger partial charge on any atom is -0.483 e. The van der Waals surface area contributed by atoms with Gasteiger partial charge in [-0.25, -0.2) is 0 Å². The summed E-state index contributed by atoms with van der Waals surface area (Å²) in [7, 11) is 0. The molecule has 0 aromatic heterocycles. The normalized spacial score (nSPS) is 8.00. The minimum absolute atomic E-state index is 0. The molecule has 0 aliphatic heterocycles. The van der Waals surface area contributed by atoms with Crippen LogP contribution in [0.5, 0.6) is 0 Å². The van der Waals surface area contributed by atoms with Crippen molar-refractivity contribution < 1.29 is 9.90 Å². The number of rotatable bonds is 0. The molecule has 0 unspecified atom stereocenters. The largest absolute Gasteiger partial charge is 0.483 e. The van der Waals surface area contributed by atoms with Crippen LogP contribution in [0.15, 0.2) is 48.5 Å². The van der Waals surface area contributed by atoms with Crippen LogP contribution in [0.3, 0.4) is 0 Å². The quantitative estimate of drug-likeness (QED) is 0.679. The summed E-state index contributed by atoms with van der Waals surface area (Å²) in [5.74, 6) is 0. The van der Waals surface area contributed by atoms with Crippen LogP contribution in [0, 0.1) is 0 Å². The molecule has 0 aliphatic carbocycles. The molecule has 0 atom stereocenters. The lowest BCUT2D eigenvalue weighted by Gasteiger charge is -1.92. The lowest BCUT2D eigenvalue weighted by molar-refractivity contribution is -0.122. The first-order chi connectivity index (χ1) is 6.38. The molecule has 2 aromatic rings. The Hall–Kier alpha value is -1.54. The fourth-order valence-corrected chi connectivity index (χ4v) is 1.13. The van der Waals surface area contributed by atoms with E-state index in [2.05, 4.69) is 48.5 Å². The first-order valence-electron chi connectivity index (χ1n) is 3.90. The Kier molecular flexibility index (Phi) is 6.16. The van der Waals surface area contributed by atoms with Crippen molar-refractivity contribution in [2.24, 2.45) is 0 Å². The molecule has 2 rings (SSSR count). The SMILES string of the molecule is Cl.O=CO.c1ccc2ccccc2c1. The molecule has 0 amide bonds. The van der Waals surface area contributed by atoms with Gasteiger partial charge in [0, 0.05) is 0 Å². The zero-order chi connectivity index (χ0) is 9.52. The summed E-state index contributed by atoms with van der Waals surface area (Å²) < 4.78 is 0. The van der Waals surface area contributed by atoms with Gasteiger partial charge in [-0.15, -0.1) is 12.4 Å². The van der Waals surface area contributed by atoms with Gasteiger partial charge in [-0.3, -0.25) is 4.79 Å². The molecule has 0 saturated carbocycles. The molecule has 14 heavy (non-hydrogen) atoms. The highest BCUT2D eigenvalue weighted by Gasteiger charge is 1.85. The van der Waals surface area contributed by atoms with Gasteiger partial charge in [0.15, 0.2) is 0 Å². The second kappa shape index (κ2) is 6.92. The number of hydrogen-bond acceptors (Lipinski definition) is 1. The fraction of sp³-hybridized carbons (Fsp3) is 0. The van der Waals surface area contributed by atoms with E-state index in [0.717, 1.165) is 0 Å². The van der Waals surface area contributed by atoms with Gasteiger partial charge in [-0.2, -0.15) is 0 Å². The van der Waals surface area contributed by atoms with Gasteiger partial charge in [-0.05, 0) is 10.8 Å². The zero-order valence-corrected chi connectivity index (χ0v) is 8.28. The van der Waals surface area contributed by atoms with E-state index in [9.17, 15) is 0 Å². The second-order valence-corrected chi connectivity index (χ2v) is 2.45. The molecule has 0 radical (unpaired) electrons. The van der Waals surface area contributed by atoms with Gasteiger partial charge < -0.3 is 5.11 Å². The van der Waals surface area contributed by atoms with Crippen LogP contribution in [0.2, 0.25) is 0 Å². The van der Waals surface area contributed by atoms with Crippen molar-refractivity contribution in [1.29, 1.82) is 0 Å².